The topological polar surface area (TPSA) is 45.8 Å². The van der Waals surface area contributed by atoms with Crippen LogP contribution in [-0.2, 0) is 0 Å². The maximum Gasteiger partial charge on any atom is 0.160 e. The van der Waals surface area contributed by atoms with Gasteiger partial charge in [0.15, 0.2) is 5.78 Å². The lowest BCUT2D eigenvalue weighted by molar-refractivity contribution is 0.101. The van der Waals surface area contributed by atoms with Gasteiger partial charge in [-0.1, -0.05) is 64.3 Å². The van der Waals surface area contributed by atoms with Crippen molar-refractivity contribution in [1.82, 2.24) is 9.97 Å². The molecule has 25 heavy (non-hydrogen) atoms. The number of aromatic nitrogens is 2. The molecule has 1 heterocycles. The smallest absolute Gasteiger partial charge is 0.160 e. The molecular weight excluding hydrogens is 308 g/mol. The molecule has 0 radical (unpaired) electrons. The number of ketones is 1. The summed E-state index contributed by atoms with van der Waals surface area (Å²) < 4.78 is 0. The van der Waals surface area contributed by atoms with E-state index in [0.29, 0.717) is 11.8 Å². The Labute approximate surface area is 151 Å². The minimum Gasteiger partial charge on any atom is -0.342 e. The first-order valence-corrected chi connectivity index (χ1v) is 9.53. The van der Waals surface area contributed by atoms with E-state index in [4.69, 9.17) is 4.98 Å². The zero-order valence-electron chi connectivity index (χ0n) is 15.9. The van der Waals surface area contributed by atoms with Crippen LogP contribution in [0.25, 0.3) is 11.3 Å². The molecule has 134 valence electrons. The lowest BCUT2D eigenvalue weighted by Crippen LogP contribution is -2.28. The first kappa shape index (κ1) is 17.9. The summed E-state index contributed by atoms with van der Waals surface area (Å²) in [5, 5.41) is 0. The Balaban J connectivity index is 1.97. The molecule has 1 aliphatic carbocycles. The van der Waals surface area contributed by atoms with Gasteiger partial charge in [-0.25, -0.2) is 4.98 Å². The Hall–Kier alpha value is -1.90. The average Bonchev–Trinajstić information content (AvgIpc) is 3.04. The van der Waals surface area contributed by atoms with E-state index in [2.05, 4.69) is 25.8 Å². The molecule has 1 saturated carbocycles. The fourth-order valence-electron chi connectivity index (χ4n) is 4.46. The van der Waals surface area contributed by atoms with Crippen LogP contribution in [0.4, 0.5) is 0 Å². The molecule has 3 rings (SSSR count). The van der Waals surface area contributed by atoms with Gasteiger partial charge >= 0.3 is 0 Å². The predicted molar refractivity (Wildman–Crippen MR) is 103 cm³/mol. The monoisotopic (exact) mass is 338 g/mol. The van der Waals surface area contributed by atoms with E-state index in [9.17, 15) is 4.79 Å². The van der Waals surface area contributed by atoms with Gasteiger partial charge < -0.3 is 4.98 Å². The number of H-pyrrole nitrogens is 1. The van der Waals surface area contributed by atoms with Crippen molar-refractivity contribution in [2.24, 2.45) is 11.3 Å². The molecule has 3 heteroatoms. The number of benzene rings is 1. The van der Waals surface area contributed by atoms with Gasteiger partial charge in [0.05, 0.1) is 11.9 Å². The van der Waals surface area contributed by atoms with Crippen molar-refractivity contribution in [1.29, 1.82) is 0 Å². The van der Waals surface area contributed by atoms with Crippen LogP contribution in [0, 0.1) is 11.3 Å². The third kappa shape index (κ3) is 3.86. The summed E-state index contributed by atoms with van der Waals surface area (Å²) in [4.78, 5) is 20.3. The van der Waals surface area contributed by atoms with Gasteiger partial charge in [0.2, 0.25) is 0 Å². The van der Waals surface area contributed by atoms with E-state index in [0.717, 1.165) is 22.6 Å². The first-order chi connectivity index (χ1) is 11.9. The Morgan fingerprint density at radius 2 is 1.84 bits per heavy atom. The average molecular weight is 338 g/mol. The second-order valence-electron chi connectivity index (χ2n) is 8.53. The number of nitrogens with zero attached hydrogens (tertiary/aromatic N) is 1. The van der Waals surface area contributed by atoms with E-state index in [1.54, 1.807) is 6.92 Å². The largest absolute Gasteiger partial charge is 0.342 e. The minimum absolute atomic E-state index is 0.0893. The standard InChI is InChI=1S/C22H30N2O/c1-15(25)17-12-8-9-13-18(17)19-14-23-21(24-19)20(22(2,3)4)16-10-6-5-7-11-16/h8-9,12-14,16,20H,5-7,10-11H2,1-4H3,(H,23,24). The predicted octanol–water partition coefficient (Wildman–Crippen LogP) is 5.99. The molecule has 0 saturated heterocycles. The van der Waals surface area contributed by atoms with E-state index in [-0.39, 0.29) is 11.2 Å². The van der Waals surface area contributed by atoms with Gasteiger partial charge in [-0.05, 0) is 31.1 Å². The maximum absolute atomic E-state index is 12.0. The van der Waals surface area contributed by atoms with Crippen LogP contribution in [0.5, 0.6) is 0 Å². The minimum atomic E-state index is 0.0893. The summed E-state index contributed by atoms with van der Waals surface area (Å²) in [6, 6.07) is 7.78. The summed E-state index contributed by atoms with van der Waals surface area (Å²) in [5.74, 6) is 2.28. The second kappa shape index (κ2) is 7.15. The van der Waals surface area contributed by atoms with Gasteiger partial charge in [0, 0.05) is 17.0 Å². The van der Waals surface area contributed by atoms with Crippen LogP contribution >= 0.6 is 0 Å². The molecule has 1 aliphatic rings. The summed E-state index contributed by atoms with van der Waals surface area (Å²) >= 11 is 0. The van der Waals surface area contributed by atoms with Gasteiger partial charge in [0.1, 0.15) is 5.82 Å². The van der Waals surface area contributed by atoms with Gasteiger partial charge in [0.25, 0.3) is 0 Å². The quantitative estimate of drug-likeness (QED) is 0.696. The summed E-state index contributed by atoms with van der Waals surface area (Å²) in [7, 11) is 0. The molecule has 2 aromatic rings. The van der Waals surface area contributed by atoms with Crippen LogP contribution in [0.3, 0.4) is 0 Å². The lowest BCUT2D eigenvalue weighted by Gasteiger charge is -2.38. The first-order valence-electron chi connectivity index (χ1n) is 9.53. The Bertz CT molecular complexity index is 732. The molecule has 1 aromatic heterocycles. The number of Topliss-reactive ketones (excluding diaryl/α,β-unsaturated/α-hetero) is 1. The molecule has 0 amide bonds. The highest BCUT2D eigenvalue weighted by atomic mass is 16.1. The Morgan fingerprint density at radius 3 is 2.48 bits per heavy atom. The lowest BCUT2D eigenvalue weighted by atomic mass is 9.68. The summed E-state index contributed by atoms with van der Waals surface area (Å²) in [5.41, 5.74) is 2.82. The number of rotatable bonds is 4. The molecule has 3 nitrogen and oxygen atoms in total. The van der Waals surface area contributed by atoms with Crippen molar-refractivity contribution < 1.29 is 4.79 Å². The van der Waals surface area contributed by atoms with Crippen molar-refractivity contribution >= 4 is 5.78 Å². The zero-order chi connectivity index (χ0) is 18.0. The van der Waals surface area contributed by atoms with Gasteiger partial charge in [-0.2, -0.15) is 0 Å². The maximum atomic E-state index is 12.0. The van der Waals surface area contributed by atoms with Crippen molar-refractivity contribution in [3.63, 3.8) is 0 Å². The zero-order valence-corrected chi connectivity index (χ0v) is 15.9. The summed E-state index contributed by atoms with van der Waals surface area (Å²) in [6.45, 7) is 8.57. The summed E-state index contributed by atoms with van der Waals surface area (Å²) in [6.07, 6.45) is 8.52. The number of hydrogen-bond donors (Lipinski definition) is 1. The van der Waals surface area contributed by atoms with Crippen LogP contribution in [0.1, 0.15) is 81.9 Å². The highest BCUT2D eigenvalue weighted by molar-refractivity contribution is 6.00. The van der Waals surface area contributed by atoms with E-state index >= 15 is 0 Å². The van der Waals surface area contributed by atoms with E-state index in [1.807, 2.05) is 30.5 Å². The number of imidazole rings is 1. The Kier molecular flexibility index (Phi) is 5.12. The van der Waals surface area contributed by atoms with Gasteiger partial charge in [-0.15, -0.1) is 0 Å². The fourth-order valence-corrected chi connectivity index (χ4v) is 4.46. The van der Waals surface area contributed by atoms with Crippen molar-refractivity contribution in [2.75, 3.05) is 0 Å². The third-order valence-electron chi connectivity index (χ3n) is 5.54. The van der Waals surface area contributed by atoms with E-state index < -0.39 is 0 Å². The third-order valence-corrected chi connectivity index (χ3v) is 5.54. The fraction of sp³-hybridized carbons (Fsp3) is 0.545. The van der Waals surface area contributed by atoms with Crippen LogP contribution in [-0.4, -0.2) is 15.8 Å². The van der Waals surface area contributed by atoms with Crippen molar-refractivity contribution in [3.05, 3.63) is 41.9 Å². The molecule has 1 atom stereocenters. The van der Waals surface area contributed by atoms with Crippen LogP contribution in [0.15, 0.2) is 30.5 Å². The van der Waals surface area contributed by atoms with Crippen molar-refractivity contribution in [3.8, 4) is 11.3 Å². The molecule has 1 aromatic carbocycles. The Morgan fingerprint density at radius 1 is 1.16 bits per heavy atom. The highest BCUT2D eigenvalue weighted by Crippen LogP contribution is 2.45. The molecule has 1 fully saturated rings. The number of carbonyl (C=O) groups excluding carboxylic acids is 1. The number of hydrogen-bond acceptors (Lipinski definition) is 2. The normalized spacial score (nSPS) is 17.4. The highest BCUT2D eigenvalue weighted by Gasteiger charge is 2.36. The number of carbonyl (C=O) groups is 1. The van der Waals surface area contributed by atoms with E-state index in [1.165, 1.54) is 32.1 Å². The molecule has 1 N–H and O–H groups in total. The van der Waals surface area contributed by atoms with Crippen LogP contribution in [0.2, 0.25) is 0 Å². The molecule has 0 bridgehead atoms. The molecule has 1 unspecified atom stereocenters. The molecular formula is C22H30N2O. The molecule has 0 aliphatic heterocycles. The number of nitrogens with one attached hydrogen (secondary N) is 1. The van der Waals surface area contributed by atoms with Crippen molar-refractivity contribution in [2.45, 2.75) is 65.7 Å². The van der Waals surface area contributed by atoms with Crippen LogP contribution < -0.4 is 0 Å². The SMILES string of the molecule is CC(=O)c1ccccc1-c1cnc(C(C2CCCCC2)C(C)(C)C)[nH]1. The number of aromatic amines is 1. The second-order valence-corrected chi connectivity index (χ2v) is 8.53. The molecule has 0 spiro atoms. The van der Waals surface area contributed by atoms with Gasteiger partial charge in [-0.3, -0.25) is 4.79 Å².